The van der Waals surface area contributed by atoms with Crippen LogP contribution in [0.3, 0.4) is 0 Å². The third-order valence-electron chi connectivity index (χ3n) is 9.50. The number of hydrogen-bond donors (Lipinski definition) is 0. The number of alkyl halides is 6. The minimum absolute atomic E-state index is 0.112. The van der Waals surface area contributed by atoms with Crippen LogP contribution >= 0.6 is 0 Å². The van der Waals surface area contributed by atoms with Gasteiger partial charge in [0.1, 0.15) is 0 Å². The molecule has 0 aliphatic heterocycles. The minimum atomic E-state index is -4.63. The second-order valence-electron chi connectivity index (χ2n) is 14.0. The molecule has 4 aromatic carbocycles. The first-order chi connectivity index (χ1) is 22.5. The maximum Gasteiger partial charge on any atom is 0.416 e. The number of rotatable bonds is 5. The third kappa shape index (κ3) is 6.18. The molecule has 0 radical (unpaired) electrons. The quantitative estimate of drug-likeness (QED) is 0.165. The average molecular weight is 657 g/mol. The van der Waals surface area contributed by atoms with Gasteiger partial charge in [-0.3, -0.25) is 0 Å². The molecular formula is C42H38F6. The summed E-state index contributed by atoms with van der Waals surface area (Å²) in [5.74, 6) is 0.117. The van der Waals surface area contributed by atoms with Crippen molar-refractivity contribution in [3.63, 3.8) is 0 Å². The van der Waals surface area contributed by atoms with Gasteiger partial charge >= 0.3 is 12.4 Å². The van der Waals surface area contributed by atoms with Crippen molar-refractivity contribution >= 4 is 17.2 Å². The first kappa shape index (κ1) is 33.6. The van der Waals surface area contributed by atoms with E-state index in [9.17, 15) is 26.3 Å². The van der Waals surface area contributed by atoms with Crippen molar-refractivity contribution < 1.29 is 26.3 Å². The molecule has 2 aliphatic rings. The molecule has 0 saturated carbocycles. The van der Waals surface area contributed by atoms with E-state index in [2.05, 4.69) is 58.1 Å². The molecule has 0 amide bonds. The van der Waals surface area contributed by atoms with Gasteiger partial charge in [-0.25, -0.2) is 0 Å². The Morgan fingerprint density at radius 3 is 1.85 bits per heavy atom. The van der Waals surface area contributed by atoms with E-state index < -0.39 is 23.5 Å². The van der Waals surface area contributed by atoms with Gasteiger partial charge in [0.05, 0.1) is 11.1 Å². The highest BCUT2D eigenvalue weighted by atomic mass is 19.4. The van der Waals surface area contributed by atoms with Crippen LogP contribution in [-0.4, -0.2) is 0 Å². The van der Waals surface area contributed by atoms with E-state index in [0.29, 0.717) is 10.8 Å². The smallest absolute Gasteiger partial charge is 0.166 e. The van der Waals surface area contributed by atoms with Crippen LogP contribution in [0.25, 0.3) is 28.3 Å². The lowest BCUT2D eigenvalue weighted by Crippen LogP contribution is -2.24. The summed E-state index contributed by atoms with van der Waals surface area (Å²) < 4.78 is 84.3. The highest BCUT2D eigenvalue weighted by Gasteiger charge is 2.33. The standard InChI is InChI=1S/C42H38F6/c1-7-10-26-18-32(40(4,5)6)22-35(26)38-25(3)34(23-36-33-16-15-24(2)17-29(33)21-37(36)38)39(27-11-8-13-30(19-27)41(43,44)45)28-12-9-14-31(20-28)42(46,47)48/h8-9,11-23,26H,7,10H2,1-6H3. The number of halogens is 6. The molecule has 1 atom stereocenters. The van der Waals surface area contributed by atoms with Gasteiger partial charge in [0.2, 0.25) is 0 Å². The Hall–Kier alpha value is -4.32. The number of aryl methyl sites for hydroxylation is 1. The summed E-state index contributed by atoms with van der Waals surface area (Å²) in [5, 5.41) is 1.63. The van der Waals surface area contributed by atoms with Crippen LogP contribution in [0.5, 0.6) is 0 Å². The lowest BCUT2D eigenvalue weighted by atomic mass is 9.83. The highest BCUT2D eigenvalue weighted by Crippen LogP contribution is 2.43. The van der Waals surface area contributed by atoms with Gasteiger partial charge < -0.3 is 0 Å². The van der Waals surface area contributed by atoms with Crippen molar-refractivity contribution in [1.29, 1.82) is 0 Å². The largest absolute Gasteiger partial charge is 0.416 e. The third-order valence-corrected chi connectivity index (χ3v) is 9.50. The molecule has 0 N–H and O–H groups in total. The van der Waals surface area contributed by atoms with E-state index >= 15 is 0 Å². The van der Waals surface area contributed by atoms with Gasteiger partial charge in [-0.15, -0.1) is 0 Å². The van der Waals surface area contributed by atoms with Crippen molar-refractivity contribution in [2.75, 3.05) is 0 Å². The van der Waals surface area contributed by atoms with Gasteiger partial charge in [0.15, 0.2) is 0 Å². The lowest BCUT2D eigenvalue weighted by Gasteiger charge is -2.20. The number of benzene rings is 4. The first-order valence-electron chi connectivity index (χ1n) is 16.3. The SMILES string of the molecule is CCCC1C=C(C(C)(C)C)C=C1c1c(C)c(=C(c2cccc(C(F)(F)F)c2)c2cccc(C(F)(F)F)c2)cc2c1=Cc1cc(C)ccc1-2. The summed E-state index contributed by atoms with van der Waals surface area (Å²) in [5.41, 5.74) is 7.06. The van der Waals surface area contributed by atoms with Crippen LogP contribution in [0.1, 0.15) is 85.0 Å². The summed E-state index contributed by atoms with van der Waals surface area (Å²) >= 11 is 0. The predicted octanol–water partition coefficient (Wildman–Crippen LogP) is 11.2. The molecule has 0 spiro atoms. The molecule has 6 heteroatoms. The molecule has 0 nitrogen and oxygen atoms in total. The van der Waals surface area contributed by atoms with Gasteiger partial charge in [-0.1, -0.05) is 94.3 Å². The molecule has 0 bridgehead atoms. The van der Waals surface area contributed by atoms with E-state index in [1.165, 1.54) is 17.7 Å². The maximum absolute atomic E-state index is 14.1. The van der Waals surface area contributed by atoms with Crippen molar-refractivity contribution in [3.8, 4) is 11.1 Å². The van der Waals surface area contributed by atoms with Crippen LogP contribution in [-0.2, 0) is 12.4 Å². The molecule has 2 aliphatic carbocycles. The average Bonchev–Trinajstić information content (AvgIpc) is 3.58. The topological polar surface area (TPSA) is 0 Å². The molecule has 248 valence electrons. The van der Waals surface area contributed by atoms with E-state index in [-0.39, 0.29) is 22.5 Å². The van der Waals surface area contributed by atoms with Crippen LogP contribution in [0, 0.1) is 25.2 Å². The van der Waals surface area contributed by atoms with Crippen molar-refractivity contribution in [3.05, 3.63) is 145 Å². The Balaban J connectivity index is 1.79. The molecule has 6 rings (SSSR count). The van der Waals surface area contributed by atoms with E-state index in [1.807, 2.05) is 26.0 Å². The van der Waals surface area contributed by atoms with E-state index in [4.69, 9.17) is 0 Å². The Morgan fingerprint density at radius 2 is 1.31 bits per heavy atom. The molecule has 1 unspecified atom stereocenters. The maximum atomic E-state index is 14.1. The van der Waals surface area contributed by atoms with Crippen molar-refractivity contribution in [2.45, 2.75) is 66.7 Å². The Morgan fingerprint density at radius 1 is 0.708 bits per heavy atom. The van der Waals surface area contributed by atoms with Gasteiger partial charge in [-0.2, -0.15) is 26.3 Å². The summed E-state index contributed by atoms with van der Waals surface area (Å²) in [4.78, 5) is 0. The fourth-order valence-corrected chi connectivity index (χ4v) is 7.09. The molecule has 0 heterocycles. The van der Waals surface area contributed by atoms with E-state index in [0.717, 1.165) is 81.3 Å². The highest BCUT2D eigenvalue weighted by molar-refractivity contribution is 5.91. The van der Waals surface area contributed by atoms with Crippen LogP contribution < -0.4 is 10.4 Å². The zero-order valence-electron chi connectivity index (χ0n) is 27.9. The van der Waals surface area contributed by atoms with Crippen LogP contribution in [0.15, 0.2) is 90.5 Å². The normalized spacial score (nSPS) is 15.9. The number of allylic oxidation sites excluding steroid dienone is 4. The molecule has 0 aromatic heterocycles. The molecular weight excluding hydrogens is 618 g/mol. The van der Waals surface area contributed by atoms with Crippen molar-refractivity contribution in [2.24, 2.45) is 11.3 Å². The summed E-state index contributed by atoms with van der Waals surface area (Å²) in [7, 11) is 0. The van der Waals surface area contributed by atoms with E-state index in [1.54, 1.807) is 12.1 Å². The van der Waals surface area contributed by atoms with Crippen LogP contribution in [0.4, 0.5) is 26.3 Å². The zero-order valence-corrected chi connectivity index (χ0v) is 27.9. The van der Waals surface area contributed by atoms with Crippen molar-refractivity contribution in [1.82, 2.24) is 0 Å². The predicted molar refractivity (Wildman–Crippen MR) is 183 cm³/mol. The monoisotopic (exact) mass is 656 g/mol. The summed E-state index contributed by atoms with van der Waals surface area (Å²) in [6.45, 7) is 12.6. The molecule has 0 saturated heterocycles. The number of fused-ring (bicyclic) bond motifs is 3. The molecule has 4 aromatic rings. The fourth-order valence-electron chi connectivity index (χ4n) is 7.09. The van der Waals surface area contributed by atoms with Crippen LogP contribution in [0.2, 0.25) is 0 Å². The lowest BCUT2D eigenvalue weighted by molar-refractivity contribution is -0.138. The van der Waals surface area contributed by atoms with Gasteiger partial charge in [0.25, 0.3) is 0 Å². The van der Waals surface area contributed by atoms with Gasteiger partial charge in [0, 0.05) is 5.92 Å². The second kappa shape index (κ2) is 12.0. The number of hydrogen-bond acceptors (Lipinski definition) is 0. The second-order valence-corrected chi connectivity index (χ2v) is 14.0. The Labute approximate surface area is 277 Å². The fraction of sp³-hybridized carbons (Fsp3) is 0.286. The first-order valence-corrected chi connectivity index (χ1v) is 16.3. The molecule has 0 fully saturated rings. The Kier molecular flexibility index (Phi) is 8.38. The zero-order chi connectivity index (χ0) is 34.8. The summed E-state index contributed by atoms with van der Waals surface area (Å²) in [6.07, 6.45) is -0.640. The molecule has 48 heavy (non-hydrogen) atoms. The Bertz CT molecular complexity index is 2050. The minimum Gasteiger partial charge on any atom is -0.166 e. The van der Waals surface area contributed by atoms with Gasteiger partial charge in [-0.05, 0) is 128 Å². The summed E-state index contributed by atoms with van der Waals surface area (Å²) in [6, 6.07) is 17.9.